The lowest BCUT2D eigenvalue weighted by Gasteiger charge is -1.99. The quantitative estimate of drug-likeness (QED) is 0.452. The van der Waals surface area contributed by atoms with E-state index >= 15 is 0 Å². The second kappa shape index (κ2) is 3.51. The first-order valence-corrected chi connectivity index (χ1v) is 3.90. The maximum Gasteiger partial charge on any atom is 0.527 e. The normalized spacial score (nSPS) is 11.9. The van der Waals surface area contributed by atoms with Gasteiger partial charge in [0.05, 0.1) is 0 Å². The molecule has 0 aliphatic carbocycles. The fourth-order valence-corrected chi connectivity index (χ4v) is 0.579. The van der Waals surface area contributed by atoms with Gasteiger partial charge in [0.2, 0.25) is 0 Å². The molecular weight excluding hydrogens is 159 g/mol. The smallest absolute Gasteiger partial charge is 0.367 e. The number of carbonyl (C=O) groups excluding carboxylic acids is 1. The van der Waals surface area contributed by atoms with Gasteiger partial charge in [-0.05, 0) is 6.92 Å². The predicted octanol–water partition coefficient (Wildman–Crippen LogP) is 0.198. The minimum Gasteiger partial charge on any atom is -0.367 e. The lowest BCUT2D eigenvalue weighted by molar-refractivity contribution is -0.130. The van der Waals surface area contributed by atoms with Crippen LogP contribution in [0.5, 0.6) is 0 Å². The third-order valence-corrected chi connectivity index (χ3v) is 0.929. The highest BCUT2D eigenvalue weighted by molar-refractivity contribution is 7.46. The monoisotopic (exact) mass is 166 g/mol. The highest BCUT2D eigenvalue weighted by Gasteiger charge is 2.17. The molecular formula is C4H7O5P. The van der Waals surface area contributed by atoms with Crippen molar-refractivity contribution in [3.05, 3.63) is 12.2 Å². The highest BCUT2D eigenvalue weighted by Crippen LogP contribution is 2.35. The summed E-state index contributed by atoms with van der Waals surface area (Å²) in [6, 6.07) is 0. The van der Waals surface area contributed by atoms with Crippen LogP contribution in [0.2, 0.25) is 0 Å². The van der Waals surface area contributed by atoms with Gasteiger partial charge in [0, 0.05) is 6.08 Å². The van der Waals surface area contributed by atoms with Crippen LogP contribution in [-0.4, -0.2) is 15.8 Å². The summed E-state index contributed by atoms with van der Waals surface area (Å²) in [5.74, 6) is -1.05. The van der Waals surface area contributed by atoms with Crippen LogP contribution in [0.4, 0.5) is 0 Å². The van der Waals surface area contributed by atoms with E-state index in [1.54, 1.807) is 0 Å². The van der Waals surface area contributed by atoms with E-state index in [1.807, 2.05) is 0 Å². The topological polar surface area (TPSA) is 83.8 Å². The Bertz CT molecular complexity index is 190. The van der Waals surface area contributed by atoms with Crippen LogP contribution in [0.15, 0.2) is 12.2 Å². The molecule has 0 atom stereocenters. The molecule has 0 rings (SSSR count). The third-order valence-electron chi connectivity index (χ3n) is 0.512. The van der Waals surface area contributed by atoms with Crippen molar-refractivity contribution in [3.63, 3.8) is 0 Å². The van der Waals surface area contributed by atoms with E-state index in [2.05, 4.69) is 4.52 Å². The second-order valence-corrected chi connectivity index (χ2v) is 2.56. The molecule has 0 aromatic rings. The van der Waals surface area contributed by atoms with Crippen LogP contribution in [0, 0.1) is 0 Å². The van der Waals surface area contributed by atoms with Crippen LogP contribution < -0.4 is 0 Å². The Morgan fingerprint density at radius 3 is 2.40 bits per heavy atom. The van der Waals surface area contributed by atoms with Crippen molar-refractivity contribution < 1.29 is 23.7 Å². The van der Waals surface area contributed by atoms with Gasteiger partial charge < -0.3 is 4.52 Å². The number of allylic oxidation sites excluding steroid dienone is 1. The molecule has 0 aromatic carbocycles. The number of rotatable bonds is 2. The van der Waals surface area contributed by atoms with Crippen molar-refractivity contribution in [1.82, 2.24) is 0 Å². The first-order valence-electron chi connectivity index (χ1n) is 2.37. The Labute approximate surface area is 57.6 Å². The average molecular weight is 166 g/mol. The van der Waals surface area contributed by atoms with Gasteiger partial charge >= 0.3 is 13.8 Å². The maximum absolute atomic E-state index is 10.3. The summed E-state index contributed by atoms with van der Waals surface area (Å²) in [4.78, 5) is 26.4. The average Bonchev–Trinajstić information content (AvgIpc) is 1.59. The van der Waals surface area contributed by atoms with Crippen molar-refractivity contribution in [2.24, 2.45) is 0 Å². The van der Waals surface area contributed by atoms with E-state index in [0.29, 0.717) is 0 Å². The van der Waals surface area contributed by atoms with E-state index in [0.717, 1.165) is 6.08 Å². The molecule has 6 heteroatoms. The van der Waals surface area contributed by atoms with Gasteiger partial charge in [-0.1, -0.05) is 6.08 Å². The molecule has 0 saturated heterocycles. The zero-order valence-electron chi connectivity index (χ0n) is 5.22. The molecule has 5 nitrogen and oxygen atoms in total. The second-order valence-electron chi connectivity index (χ2n) is 1.40. The Balaban J connectivity index is 3.93. The van der Waals surface area contributed by atoms with Crippen LogP contribution in [0.1, 0.15) is 6.92 Å². The van der Waals surface area contributed by atoms with Crippen LogP contribution in [0.25, 0.3) is 0 Å². The maximum atomic E-state index is 10.3. The van der Waals surface area contributed by atoms with E-state index in [-0.39, 0.29) is 0 Å². The highest BCUT2D eigenvalue weighted by atomic mass is 31.2. The fraction of sp³-hybridized carbons (Fsp3) is 0.250. The molecule has 0 amide bonds. The molecule has 0 spiro atoms. The Kier molecular flexibility index (Phi) is 3.28. The SMILES string of the molecule is C/C=C/C(=O)OP(=O)(O)O. The predicted molar refractivity (Wildman–Crippen MR) is 33.0 cm³/mol. The van der Waals surface area contributed by atoms with Crippen molar-refractivity contribution in [1.29, 1.82) is 0 Å². The third kappa shape index (κ3) is 5.50. The molecule has 0 saturated carbocycles. The Hall–Kier alpha value is -0.640. The van der Waals surface area contributed by atoms with Gasteiger partial charge in [0.25, 0.3) is 0 Å². The molecule has 10 heavy (non-hydrogen) atoms. The summed E-state index contributed by atoms with van der Waals surface area (Å²) in [6.07, 6.45) is 2.23. The summed E-state index contributed by atoms with van der Waals surface area (Å²) in [5.41, 5.74) is 0. The molecule has 0 heterocycles. The summed E-state index contributed by atoms with van der Waals surface area (Å²) in [5, 5.41) is 0. The zero-order valence-corrected chi connectivity index (χ0v) is 6.12. The summed E-state index contributed by atoms with van der Waals surface area (Å²) < 4.78 is 13.6. The van der Waals surface area contributed by atoms with E-state index in [9.17, 15) is 9.36 Å². The molecule has 2 N–H and O–H groups in total. The van der Waals surface area contributed by atoms with Crippen molar-refractivity contribution in [2.45, 2.75) is 6.92 Å². The summed E-state index contributed by atoms with van der Waals surface area (Å²) in [7, 11) is -4.65. The fourth-order valence-electron chi connectivity index (χ4n) is 0.284. The molecule has 0 aliphatic heterocycles. The molecule has 0 fully saturated rings. The lowest BCUT2D eigenvalue weighted by atomic mass is 10.5. The van der Waals surface area contributed by atoms with Gasteiger partial charge in [-0.25, -0.2) is 9.36 Å². The summed E-state index contributed by atoms with van der Waals surface area (Å²) in [6.45, 7) is 1.53. The molecule has 0 unspecified atom stereocenters. The minimum absolute atomic E-state index is 0.916. The number of hydrogen-bond acceptors (Lipinski definition) is 3. The Morgan fingerprint density at radius 2 is 2.10 bits per heavy atom. The van der Waals surface area contributed by atoms with Crippen LogP contribution in [-0.2, 0) is 13.9 Å². The zero-order chi connectivity index (χ0) is 8.20. The van der Waals surface area contributed by atoms with E-state index < -0.39 is 13.8 Å². The molecule has 0 aromatic heterocycles. The number of carbonyl (C=O) groups is 1. The molecule has 0 aliphatic rings. The van der Waals surface area contributed by atoms with Gasteiger partial charge in [-0.2, -0.15) is 0 Å². The van der Waals surface area contributed by atoms with E-state index in [4.69, 9.17) is 9.79 Å². The summed E-state index contributed by atoms with van der Waals surface area (Å²) >= 11 is 0. The molecule has 58 valence electrons. The Morgan fingerprint density at radius 1 is 1.60 bits per heavy atom. The molecule has 0 radical (unpaired) electrons. The standard InChI is InChI=1S/C4H7O5P/c1-2-3-4(5)9-10(6,7)8/h2-3H,1H3,(H2,6,7,8)/b3-2+. The van der Waals surface area contributed by atoms with Crippen LogP contribution in [0.3, 0.4) is 0 Å². The van der Waals surface area contributed by atoms with Gasteiger partial charge in [-0.15, -0.1) is 0 Å². The molecule has 0 bridgehead atoms. The first kappa shape index (κ1) is 9.36. The van der Waals surface area contributed by atoms with Crippen molar-refractivity contribution in [2.75, 3.05) is 0 Å². The number of hydrogen-bond donors (Lipinski definition) is 2. The van der Waals surface area contributed by atoms with Crippen LogP contribution >= 0.6 is 7.82 Å². The number of phosphoric acid groups is 1. The van der Waals surface area contributed by atoms with Gasteiger partial charge in [-0.3, -0.25) is 9.79 Å². The lowest BCUT2D eigenvalue weighted by Crippen LogP contribution is -1.96. The van der Waals surface area contributed by atoms with Gasteiger partial charge in [0.1, 0.15) is 0 Å². The van der Waals surface area contributed by atoms with Gasteiger partial charge in [0.15, 0.2) is 0 Å². The minimum atomic E-state index is -4.65. The van der Waals surface area contributed by atoms with E-state index in [1.165, 1.54) is 13.0 Å². The van der Waals surface area contributed by atoms with Crippen molar-refractivity contribution >= 4 is 13.8 Å². The number of phosphoric ester groups is 1. The van der Waals surface area contributed by atoms with Crippen molar-refractivity contribution in [3.8, 4) is 0 Å². The first-order chi connectivity index (χ1) is 4.45. The largest absolute Gasteiger partial charge is 0.527 e.